The highest BCUT2D eigenvalue weighted by atomic mass is 32.2. The summed E-state index contributed by atoms with van der Waals surface area (Å²) in [5, 5.41) is 0. The molecule has 25 heavy (non-hydrogen) atoms. The van der Waals surface area contributed by atoms with Crippen molar-refractivity contribution >= 4 is 21.8 Å². The first-order valence-corrected chi connectivity index (χ1v) is 11.3. The van der Waals surface area contributed by atoms with Gasteiger partial charge < -0.3 is 4.57 Å². The van der Waals surface area contributed by atoms with E-state index in [1.807, 2.05) is 12.4 Å². The number of aryl methyl sites for hydroxylation is 3. The lowest BCUT2D eigenvalue weighted by Crippen LogP contribution is -2.06. The Kier molecular flexibility index (Phi) is 8.59. The van der Waals surface area contributed by atoms with Gasteiger partial charge >= 0.3 is 0 Å². The summed E-state index contributed by atoms with van der Waals surface area (Å²) in [5.41, 5.74) is 3.47. The highest BCUT2D eigenvalue weighted by Gasteiger charge is 2.12. The van der Waals surface area contributed by atoms with Gasteiger partial charge in [-0.1, -0.05) is 33.1 Å². The molecule has 0 radical (unpaired) electrons. The van der Waals surface area contributed by atoms with Crippen LogP contribution in [0.15, 0.2) is 12.4 Å². The summed E-state index contributed by atoms with van der Waals surface area (Å²) >= 11 is 0. The van der Waals surface area contributed by atoms with Gasteiger partial charge in [0.05, 0.1) is 11.7 Å². The van der Waals surface area contributed by atoms with Crippen LogP contribution in [0.3, 0.4) is 0 Å². The van der Waals surface area contributed by atoms with Crippen LogP contribution < -0.4 is 0 Å². The molecular formula is C20H33N3OS. The Balaban J connectivity index is 1.93. The van der Waals surface area contributed by atoms with Gasteiger partial charge in [0, 0.05) is 41.5 Å². The summed E-state index contributed by atoms with van der Waals surface area (Å²) in [4.78, 5) is 9.11. The first-order valence-electron chi connectivity index (χ1n) is 9.82. The molecule has 0 bridgehead atoms. The minimum atomic E-state index is -0.622. The van der Waals surface area contributed by atoms with Crippen molar-refractivity contribution in [3.63, 3.8) is 0 Å². The van der Waals surface area contributed by atoms with Gasteiger partial charge in [0.15, 0.2) is 0 Å². The number of pyridine rings is 1. The molecule has 140 valence electrons. The van der Waals surface area contributed by atoms with Crippen molar-refractivity contribution in [2.75, 3.05) is 11.5 Å². The van der Waals surface area contributed by atoms with Crippen molar-refractivity contribution in [1.29, 1.82) is 0 Å². The predicted molar refractivity (Wildman–Crippen MR) is 108 cm³/mol. The Hall–Kier alpha value is -1.23. The fraction of sp³-hybridized carbons (Fsp3) is 0.700. The normalized spacial score (nSPS) is 12.8. The lowest BCUT2D eigenvalue weighted by atomic mass is 10.2. The summed E-state index contributed by atoms with van der Waals surface area (Å²) in [6.45, 7) is 7.49. The highest BCUT2D eigenvalue weighted by molar-refractivity contribution is 7.84. The third-order valence-corrected chi connectivity index (χ3v) is 6.13. The zero-order valence-corrected chi connectivity index (χ0v) is 16.9. The smallest absolute Gasteiger partial charge is 0.109 e. The highest BCUT2D eigenvalue weighted by Crippen LogP contribution is 2.21. The average molecular weight is 364 g/mol. The van der Waals surface area contributed by atoms with E-state index in [1.54, 1.807) is 0 Å². The molecule has 0 aliphatic rings. The lowest BCUT2D eigenvalue weighted by molar-refractivity contribution is 0.582. The molecule has 5 heteroatoms. The maximum Gasteiger partial charge on any atom is 0.109 e. The van der Waals surface area contributed by atoms with Crippen LogP contribution in [0.4, 0.5) is 0 Å². The number of hydrogen-bond donors (Lipinski definition) is 0. The molecule has 0 aliphatic carbocycles. The van der Waals surface area contributed by atoms with Crippen LogP contribution >= 0.6 is 0 Å². The number of hydrogen-bond acceptors (Lipinski definition) is 3. The topological polar surface area (TPSA) is 47.8 Å². The SMILES string of the molecule is CCCCc1nc2cncc(C)c2n1CCCCCS(=O)CCCC. The van der Waals surface area contributed by atoms with E-state index < -0.39 is 10.8 Å². The van der Waals surface area contributed by atoms with Crippen molar-refractivity contribution in [3.05, 3.63) is 23.8 Å². The van der Waals surface area contributed by atoms with Crippen LogP contribution in [-0.4, -0.2) is 30.2 Å². The summed E-state index contributed by atoms with van der Waals surface area (Å²) in [6, 6.07) is 0. The Bertz CT molecular complexity index is 681. The second-order valence-corrected chi connectivity index (χ2v) is 8.57. The van der Waals surface area contributed by atoms with Gasteiger partial charge in [-0.25, -0.2) is 4.98 Å². The zero-order chi connectivity index (χ0) is 18.1. The Labute approximate surface area is 154 Å². The van der Waals surface area contributed by atoms with Crippen LogP contribution in [0.1, 0.15) is 70.2 Å². The van der Waals surface area contributed by atoms with Gasteiger partial charge in [0.25, 0.3) is 0 Å². The summed E-state index contributed by atoms with van der Waals surface area (Å²) in [6.07, 6.45) is 12.7. The number of rotatable bonds is 12. The zero-order valence-electron chi connectivity index (χ0n) is 16.1. The van der Waals surface area contributed by atoms with Gasteiger partial charge in [-0.15, -0.1) is 0 Å². The largest absolute Gasteiger partial charge is 0.328 e. The van der Waals surface area contributed by atoms with Gasteiger partial charge in [-0.05, 0) is 38.2 Å². The first kappa shape index (κ1) is 20.1. The van der Waals surface area contributed by atoms with E-state index in [0.29, 0.717) is 0 Å². The van der Waals surface area contributed by atoms with Crippen LogP contribution in [0.25, 0.3) is 11.0 Å². The molecule has 2 heterocycles. The molecular weight excluding hydrogens is 330 g/mol. The number of aromatic nitrogens is 3. The first-order chi connectivity index (χ1) is 12.2. The predicted octanol–water partition coefficient (Wildman–Crippen LogP) is 4.80. The third-order valence-electron chi connectivity index (χ3n) is 4.65. The van der Waals surface area contributed by atoms with Crippen LogP contribution in [0.5, 0.6) is 0 Å². The van der Waals surface area contributed by atoms with Crippen molar-refractivity contribution in [1.82, 2.24) is 14.5 Å². The van der Waals surface area contributed by atoms with Crippen molar-refractivity contribution < 1.29 is 4.21 Å². The van der Waals surface area contributed by atoms with Crippen molar-refractivity contribution in [2.45, 2.75) is 78.7 Å². The summed E-state index contributed by atoms with van der Waals surface area (Å²) in [5.74, 6) is 2.92. The van der Waals surface area contributed by atoms with Gasteiger partial charge in [-0.3, -0.25) is 9.19 Å². The minimum Gasteiger partial charge on any atom is -0.328 e. The molecule has 0 saturated carbocycles. The van der Waals surface area contributed by atoms with E-state index in [1.165, 1.54) is 29.7 Å². The Morgan fingerprint density at radius 1 is 1.00 bits per heavy atom. The monoisotopic (exact) mass is 363 g/mol. The van der Waals surface area contributed by atoms with Gasteiger partial charge in [-0.2, -0.15) is 0 Å². The quantitative estimate of drug-likeness (QED) is 0.509. The van der Waals surface area contributed by atoms with E-state index in [4.69, 9.17) is 4.98 Å². The molecule has 1 atom stereocenters. The van der Waals surface area contributed by atoms with Gasteiger partial charge in [0.1, 0.15) is 11.3 Å². The molecule has 4 nitrogen and oxygen atoms in total. The van der Waals surface area contributed by atoms with Crippen molar-refractivity contribution in [3.8, 4) is 0 Å². The number of imidazole rings is 1. The fourth-order valence-electron chi connectivity index (χ4n) is 3.19. The van der Waals surface area contributed by atoms with Crippen LogP contribution in [-0.2, 0) is 23.8 Å². The van der Waals surface area contributed by atoms with E-state index in [9.17, 15) is 4.21 Å². The summed E-state index contributed by atoms with van der Waals surface area (Å²) in [7, 11) is -0.622. The average Bonchev–Trinajstić information content (AvgIpc) is 2.96. The maximum atomic E-state index is 11.9. The fourth-order valence-corrected chi connectivity index (χ4v) is 4.53. The number of fused-ring (bicyclic) bond motifs is 1. The molecule has 0 amide bonds. The standard InChI is InChI=1S/C20H33N3OS/c1-4-6-11-19-22-18-16-21-15-17(3)20(18)23(19)12-9-8-10-14-25(24)13-7-5-2/h15-16H,4-14H2,1-3H3. The molecule has 0 saturated heterocycles. The summed E-state index contributed by atoms with van der Waals surface area (Å²) < 4.78 is 14.3. The molecule has 0 fully saturated rings. The van der Waals surface area contributed by atoms with Crippen LogP contribution in [0.2, 0.25) is 0 Å². The molecule has 0 spiro atoms. The molecule has 0 aromatic carbocycles. The molecule has 0 aliphatic heterocycles. The second-order valence-electron chi connectivity index (χ2n) is 6.87. The van der Waals surface area contributed by atoms with E-state index >= 15 is 0 Å². The Morgan fingerprint density at radius 3 is 2.52 bits per heavy atom. The van der Waals surface area contributed by atoms with E-state index in [-0.39, 0.29) is 0 Å². The number of unbranched alkanes of at least 4 members (excludes halogenated alkanes) is 4. The van der Waals surface area contributed by atoms with Crippen LogP contribution in [0, 0.1) is 6.92 Å². The molecule has 2 aromatic rings. The Morgan fingerprint density at radius 2 is 1.76 bits per heavy atom. The molecule has 0 N–H and O–H groups in total. The van der Waals surface area contributed by atoms with Crippen molar-refractivity contribution in [2.24, 2.45) is 0 Å². The number of nitrogens with zero attached hydrogens (tertiary/aromatic N) is 3. The molecule has 1 unspecified atom stereocenters. The lowest BCUT2D eigenvalue weighted by Gasteiger charge is -2.10. The minimum absolute atomic E-state index is 0.622. The second kappa shape index (κ2) is 10.7. The molecule has 2 aromatic heterocycles. The molecule has 2 rings (SSSR count). The van der Waals surface area contributed by atoms with E-state index in [0.717, 1.165) is 62.1 Å². The van der Waals surface area contributed by atoms with Gasteiger partial charge in [0.2, 0.25) is 0 Å². The maximum absolute atomic E-state index is 11.9. The van der Waals surface area contributed by atoms with E-state index in [2.05, 4.69) is 30.3 Å². The third kappa shape index (κ3) is 5.91.